The zero-order valence-electron chi connectivity index (χ0n) is 18.5. The Morgan fingerprint density at radius 1 is 0.759 bits per heavy atom. The first-order valence-electron chi connectivity index (χ1n) is 11.6. The number of hydrogen-bond donors (Lipinski definition) is 1. The lowest BCUT2D eigenvalue weighted by atomic mass is 10.0. The molecule has 29 heavy (non-hydrogen) atoms. The Kier molecular flexibility index (Phi) is 13.9. The molecule has 0 aromatic heterocycles. The van der Waals surface area contributed by atoms with Gasteiger partial charge in [0, 0.05) is 0 Å². The summed E-state index contributed by atoms with van der Waals surface area (Å²) in [6.45, 7) is 4.43. The molecule has 0 saturated heterocycles. The number of carboxylic acid groups (broad SMARTS) is 1. The third kappa shape index (κ3) is 11.1. The highest BCUT2D eigenvalue weighted by molar-refractivity contribution is 6.02. The van der Waals surface area contributed by atoms with Gasteiger partial charge in [0.1, 0.15) is 6.10 Å². The predicted octanol–water partition coefficient (Wildman–Crippen LogP) is 7.41. The van der Waals surface area contributed by atoms with Crippen molar-refractivity contribution in [2.75, 3.05) is 0 Å². The highest BCUT2D eigenvalue weighted by Crippen LogP contribution is 2.19. The summed E-state index contributed by atoms with van der Waals surface area (Å²) in [6, 6.07) is 6.30. The Hall–Kier alpha value is -1.84. The van der Waals surface area contributed by atoms with Gasteiger partial charge in [0.15, 0.2) is 0 Å². The van der Waals surface area contributed by atoms with E-state index in [-0.39, 0.29) is 17.2 Å². The fourth-order valence-corrected chi connectivity index (χ4v) is 3.63. The van der Waals surface area contributed by atoms with Gasteiger partial charge in [-0.2, -0.15) is 0 Å². The fraction of sp³-hybridized carbons (Fsp3) is 0.680. The molecule has 0 bridgehead atoms. The van der Waals surface area contributed by atoms with Gasteiger partial charge in [0.25, 0.3) is 0 Å². The maximum absolute atomic E-state index is 12.6. The van der Waals surface area contributed by atoms with Crippen LogP contribution < -0.4 is 0 Å². The number of carbonyl (C=O) groups is 2. The maximum atomic E-state index is 12.6. The number of hydrogen-bond acceptors (Lipinski definition) is 3. The highest BCUT2D eigenvalue weighted by atomic mass is 16.5. The quantitative estimate of drug-likeness (QED) is 0.217. The average Bonchev–Trinajstić information content (AvgIpc) is 2.72. The Morgan fingerprint density at radius 3 is 1.69 bits per heavy atom. The van der Waals surface area contributed by atoms with E-state index in [0.717, 1.165) is 38.5 Å². The van der Waals surface area contributed by atoms with Gasteiger partial charge >= 0.3 is 11.9 Å². The van der Waals surface area contributed by atoms with E-state index in [4.69, 9.17) is 4.74 Å². The molecule has 0 aliphatic carbocycles. The number of ether oxygens (including phenoxy) is 1. The fourth-order valence-electron chi connectivity index (χ4n) is 3.63. The first-order chi connectivity index (χ1) is 14.1. The lowest BCUT2D eigenvalue weighted by molar-refractivity contribution is 0.0244. The first-order valence-corrected chi connectivity index (χ1v) is 11.6. The van der Waals surface area contributed by atoms with Gasteiger partial charge in [0.2, 0.25) is 0 Å². The normalized spacial score (nSPS) is 11.0. The molecule has 0 radical (unpaired) electrons. The third-order valence-corrected chi connectivity index (χ3v) is 5.41. The van der Waals surface area contributed by atoms with Gasteiger partial charge in [0.05, 0.1) is 11.1 Å². The molecule has 0 spiro atoms. The number of esters is 1. The lowest BCUT2D eigenvalue weighted by Gasteiger charge is -2.19. The maximum Gasteiger partial charge on any atom is 0.339 e. The minimum Gasteiger partial charge on any atom is -0.478 e. The summed E-state index contributed by atoms with van der Waals surface area (Å²) in [4.78, 5) is 24.0. The minimum atomic E-state index is -1.10. The number of carbonyl (C=O) groups excluding carboxylic acids is 1. The summed E-state index contributed by atoms with van der Waals surface area (Å²) in [5.74, 6) is -1.61. The summed E-state index contributed by atoms with van der Waals surface area (Å²) in [5.41, 5.74) is 0.159. The van der Waals surface area contributed by atoms with Crippen molar-refractivity contribution < 1.29 is 19.4 Å². The van der Waals surface area contributed by atoms with Crippen LogP contribution in [0.2, 0.25) is 0 Å². The van der Waals surface area contributed by atoms with Crippen LogP contribution in [-0.2, 0) is 4.74 Å². The lowest BCUT2D eigenvalue weighted by Crippen LogP contribution is -2.20. The monoisotopic (exact) mass is 404 g/mol. The van der Waals surface area contributed by atoms with Crippen LogP contribution in [0.15, 0.2) is 24.3 Å². The third-order valence-electron chi connectivity index (χ3n) is 5.41. The summed E-state index contributed by atoms with van der Waals surface area (Å²) in [5, 5.41) is 9.33. The topological polar surface area (TPSA) is 63.6 Å². The van der Waals surface area contributed by atoms with Crippen molar-refractivity contribution in [3.05, 3.63) is 35.4 Å². The summed E-state index contributed by atoms with van der Waals surface area (Å²) < 4.78 is 5.78. The van der Waals surface area contributed by atoms with Crippen LogP contribution in [-0.4, -0.2) is 23.1 Å². The van der Waals surface area contributed by atoms with Crippen molar-refractivity contribution >= 4 is 11.9 Å². The molecule has 0 fully saturated rings. The van der Waals surface area contributed by atoms with E-state index in [9.17, 15) is 14.7 Å². The second-order valence-corrected chi connectivity index (χ2v) is 7.99. The van der Waals surface area contributed by atoms with Gasteiger partial charge in [-0.25, -0.2) is 9.59 Å². The molecular formula is C25H40O4. The van der Waals surface area contributed by atoms with Crippen LogP contribution in [0.4, 0.5) is 0 Å². The summed E-state index contributed by atoms with van der Waals surface area (Å²) in [7, 11) is 0. The molecule has 4 nitrogen and oxygen atoms in total. The van der Waals surface area contributed by atoms with Gasteiger partial charge in [-0.3, -0.25) is 0 Å². The predicted molar refractivity (Wildman–Crippen MR) is 119 cm³/mol. The molecule has 0 aliphatic heterocycles. The Labute approximate surface area is 177 Å². The summed E-state index contributed by atoms with van der Waals surface area (Å²) in [6.07, 6.45) is 16.1. The highest BCUT2D eigenvalue weighted by Gasteiger charge is 2.20. The minimum absolute atomic E-state index is 0.00961. The van der Waals surface area contributed by atoms with E-state index in [1.54, 1.807) is 18.2 Å². The molecule has 0 atom stereocenters. The molecule has 0 unspecified atom stereocenters. The molecule has 0 amide bonds. The van der Waals surface area contributed by atoms with Crippen molar-refractivity contribution in [2.24, 2.45) is 0 Å². The van der Waals surface area contributed by atoms with Gasteiger partial charge in [-0.15, -0.1) is 0 Å². The van der Waals surface area contributed by atoms with Crippen molar-refractivity contribution in [3.63, 3.8) is 0 Å². The average molecular weight is 405 g/mol. The van der Waals surface area contributed by atoms with Crippen LogP contribution >= 0.6 is 0 Å². The Morgan fingerprint density at radius 2 is 1.21 bits per heavy atom. The van der Waals surface area contributed by atoms with Crippen LogP contribution in [0.5, 0.6) is 0 Å². The number of rotatable bonds is 17. The zero-order chi connectivity index (χ0) is 21.3. The van der Waals surface area contributed by atoms with E-state index < -0.39 is 11.9 Å². The molecule has 1 aromatic rings. The number of carboxylic acids is 1. The van der Waals surface area contributed by atoms with Crippen LogP contribution in [0, 0.1) is 0 Å². The van der Waals surface area contributed by atoms with Crippen molar-refractivity contribution in [1.82, 2.24) is 0 Å². The molecule has 1 N–H and O–H groups in total. The Bertz CT molecular complexity index is 566. The molecule has 1 aromatic carbocycles. The van der Waals surface area contributed by atoms with Crippen molar-refractivity contribution in [1.29, 1.82) is 0 Å². The smallest absolute Gasteiger partial charge is 0.339 e. The molecular weight excluding hydrogens is 364 g/mol. The first kappa shape index (κ1) is 25.2. The second kappa shape index (κ2) is 16.0. The summed E-state index contributed by atoms with van der Waals surface area (Å²) >= 11 is 0. The SMILES string of the molecule is CCCCCCCCC(CCCCCCCC)OC(=O)c1ccccc1C(=O)O. The number of unbranched alkanes of at least 4 members (excludes halogenated alkanes) is 10. The molecule has 0 heterocycles. The van der Waals surface area contributed by atoms with Gasteiger partial charge < -0.3 is 9.84 Å². The van der Waals surface area contributed by atoms with Crippen LogP contribution in [0.3, 0.4) is 0 Å². The van der Waals surface area contributed by atoms with Crippen LogP contribution in [0.25, 0.3) is 0 Å². The molecule has 1 rings (SSSR count). The van der Waals surface area contributed by atoms with Crippen molar-refractivity contribution in [2.45, 2.75) is 110 Å². The largest absolute Gasteiger partial charge is 0.478 e. The van der Waals surface area contributed by atoms with Crippen LogP contribution in [0.1, 0.15) is 124 Å². The standard InChI is InChI=1S/C25H40O4/c1-3-5-7-9-11-13-17-21(18-14-12-10-8-6-4-2)29-25(28)23-20-16-15-19-22(23)24(26)27/h15-16,19-21H,3-14,17-18H2,1-2H3,(H,26,27). The molecule has 0 aliphatic rings. The van der Waals surface area contributed by atoms with E-state index >= 15 is 0 Å². The van der Waals surface area contributed by atoms with E-state index in [1.165, 1.54) is 57.4 Å². The molecule has 4 heteroatoms. The van der Waals surface area contributed by atoms with Gasteiger partial charge in [-0.1, -0.05) is 90.2 Å². The number of aromatic carboxylic acids is 1. The van der Waals surface area contributed by atoms with Gasteiger partial charge in [-0.05, 0) is 37.8 Å². The second-order valence-electron chi connectivity index (χ2n) is 7.99. The zero-order valence-corrected chi connectivity index (χ0v) is 18.5. The number of benzene rings is 1. The van der Waals surface area contributed by atoms with E-state index in [2.05, 4.69) is 13.8 Å². The van der Waals surface area contributed by atoms with E-state index in [1.807, 2.05) is 0 Å². The molecule has 0 saturated carbocycles. The van der Waals surface area contributed by atoms with E-state index in [0.29, 0.717) is 0 Å². The Balaban J connectivity index is 2.57. The van der Waals surface area contributed by atoms with Crippen molar-refractivity contribution in [3.8, 4) is 0 Å². The molecule has 164 valence electrons.